The molecule has 1 aliphatic rings. The summed E-state index contributed by atoms with van der Waals surface area (Å²) in [4.78, 5) is 18.0. The predicted octanol–water partition coefficient (Wildman–Crippen LogP) is 4.40. The SMILES string of the molecule is CCOC(=O)c1c(-c2ccncc2)c(-c2cccs2)n2c1CCC2. The molecule has 0 saturated heterocycles. The van der Waals surface area contributed by atoms with Crippen molar-refractivity contribution < 1.29 is 9.53 Å². The van der Waals surface area contributed by atoms with E-state index in [1.807, 2.05) is 19.1 Å². The molecule has 4 rings (SSSR count). The van der Waals surface area contributed by atoms with Crippen LogP contribution in [0.2, 0.25) is 0 Å². The number of carbonyl (C=O) groups excluding carboxylic acids is 1. The average molecular weight is 338 g/mol. The molecule has 4 nitrogen and oxygen atoms in total. The van der Waals surface area contributed by atoms with Crippen LogP contribution in [0.3, 0.4) is 0 Å². The van der Waals surface area contributed by atoms with Crippen LogP contribution in [0.4, 0.5) is 0 Å². The Bertz CT molecular complexity index is 867. The van der Waals surface area contributed by atoms with E-state index < -0.39 is 0 Å². The molecule has 0 unspecified atom stereocenters. The topological polar surface area (TPSA) is 44.1 Å². The summed E-state index contributed by atoms with van der Waals surface area (Å²) in [5, 5.41) is 2.07. The van der Waals surface area contributed by atoms with Gasteiger partial charge in [-0.2, -0.15) is 0 Å². The zero-order valence-corrected chi connectivity index (χ0v) is 14.3. The van der Waals surface area contributed by atoms with Crippen LogP contribution in [0.1, 0.15) is 29.4 Å². The lowest BCUT2D eigenvalue weighted by Crippen LogP contribution is -2.07. The second kappa shape index (κ2) is 6.24. The van der Waals surface area contributed by atoms with Gasteiger partial charge in [0.05, 0.1) is 22.7 Å². The van der Waals surface area contributed by atoms with Crippen molar-refractivity contribution in [2.24, 2.45) is 0 Å². The summed E-state index contributed by atoms with van der Waals surface area (Å²) in [5.74, 6) is -0.224. The fourth-order valence-corrected chi connectivity index (χ4v) is 4.26. The van der Waals surface area contributed by atoms with Gasteiger partial charge in [0.2, 0.25) is 0 Å². The van der Waals surface area contributed by atoms with Crippen molar-refractivity contribution in [3.63, 3.8) is 0 Å². The highest BCUT2D eigenvalue weighted by Crippen LogP contribution is 2.43. The molecule has 0 saturated carbocycles. The number of carbonyl (C=O) groups is 1. The van der Waals surface area contributed by atoms with Crippen molar-refractivity contribution in [3.05, 3.63) is 53.3 Å². The Kier molecular flexibility index (Phi) is 3.94. The van der Waals surface area contributed by atoms with Crippen LogP contribution in [0.5, 0.6) is 0 Å². The molecular formula is C19H18N2O2S. The highest BCUT2D eigenvalue weighted by molar-refractivity contribution is 7.13. The van der Waals surface area contributed by atoms with Gasteiger partial charge in [-0.15, -0.1) is 11.3 Å². The van der Waals surface area contributed by atoms with Gasteiger partial charge in [-0.1, -0.05) is 6.07 Å². The van der Waals surface area contributed by atoms with E-state index in [0.717, 1.165) is 47.5 Å². The molecule has 3 aromatic heterocycles. The van der Waals surface area contributed by atoms with Gasteiger partial charge in [-0.3, -0.25) is 4.98 Å². The number of rotatable bonds is 4. The molecule has 0 aliphatic carbocycles. The predicted molar refractivity (Wildman–Crippen MR) is 95.3 cm³/mol. The number of hydrogen-bond donors (Lipinski definition) is 0. The highest BCUT2D eigenvalue weighted by Gasteiger charge is 2.32. The first-order chi connectivity index (χ1) is 11.8. The summed E-state index contributed by atoms with van der Waals surface area (Å²) < 4.78 is 7.68. The second-order valence-electron chi connectivity index (χ2n) is 5.73. The Balaban J connectivity index is 2.03. The number of pyridine rings is 1. The third-order valence-electron chi connectivity index (χ3n) is 4.37. The fourth-order valence-electron chi connectivity index (χ4n) is 3.47. The van der Waals surface area contributed by atoms with Gasteiger partial charge in [0.15, 0.2) is 0 Å². The number of thiophene rings is 1. The number of fused-ring (bicyclic) bond motifs is 1. The van der Waals surface area contributed by atoms with Gasteiger partial charge in [0.1, 0.15) is 0 Å². The van der Waals surface area contributed by atoms with Crippen molar-refractivity contribution >= 4 is 17.3 Å². The zero-order valence-electron chi connectivity index (χ0n) is 13.5. The molecule has 5 heteroatoms. The molecule has 0 atom stereocenters. The molecule has 4 heterocycles. The monoisotopic (exact) mass is 338 g/mol. The first-order valence-electron chi connectivity index (χ1n) is 8.18. The molecule has 1 aliphatic heterocycles. The number of nitrogens with zero attached hydrogens (tertiary/aromatic N) is 2. The Morgan fingerprint density at radius 3 is 2.88 bits per heavy atom. The maximum absolute atomic E-state index is 12.7. The van der Waals surface area contributed by atoms with E-state index in [1.165, 1.54) is 4.88 Å². The first kappa shape index (κ1) is 15.1. The van der Waals surface area contributed by atoms with Crippen LogP contribution >= 0.6 is 11.3 Å². The van der Waals surface area contributed by atoms with E-state index in [9.17, 15) is 4.79 Å². The van der Waals surface area contributed by atoms with Gasteiger partial charge >= 0.3 is 5.97 Å². The average Bonchev–Trinajstić information content (AvgIpc) is 3.32. The Morgan fingerprint density at radius 1 is 1.33 bits per heavy atom. The summed E-state index contributed by atoms with van der Waals surface area (Å²) in [6.07, 6.45) is 5.52. The number of esters is 1. The largest absolute Gasteiger partial charge is 0.462 e. The van der Waals surface area contributed by atoms with Crippen LogP contribution < -0.4 is 0 Å². The molecule has 0 N–H and O–H groups in total. The van der Waals surface area contributed by atoms with Crippen LogP contribution in [-0.4, -0.2) is 22.1 Å². The lowest BCUT2D eigenvalue weighted by atomic mass is 9.99. The van der Waals surface area contributed by atoms with Crippen molar-refractivity contribution in [1.82, 2.24) is 9.55 Å². The maximum Gasteiger partial charge on any atom is 0.340 e. The van der Waals surface area contributed by atoms with E-state index in [4.69, 9.17) is 4.74 Å². The van der Waals surface area contributed by atoms with Crippen molar-refractivity contribution in [2.75, 3.05) is 6.61 Å². The van der Waals surface area contributed by atoms with Crippen LogP contribution in [-0.2, 0) is 17.7 Å². The number of hydrogen-bond acceptors (Lipinski definition) is 4. The molecule has 0 bridgehead atoms. The molecule has 0 fully saturated rings. The lowest BCUT2D eigenvalue weighted by Gasteiger charge is -2.09. The van der Waals surface area contributed by atoms with Crippen molar-refractivity contribution in [2.45, 2.75) is 26.3 Å². The third kappa shape index (κ3) is 2.36. The smallest absolute Gasteiger partial charge is 0.340 e. The van der Waals surface area contributed by atoms with E-state index in [0.29, 0.717) is 6.61 Å². The zero-order chi connectivity index (χ0) is 16.5. The maximum atomic E-state index is 12.7. The molecule has 0 amide bonds. The molecule has 3 aromatic rings. The summed E-state index contributed by atoms with van der Waals surface area (Å²) in [6, 6.07) is 8.09. The third-order valence-corrected chi connectivity index (χ3v) is 5.25. The standard InChI is InChI=1S/C19H18N2O2S/c1-2-23-19(22)17-14-5-3-11-21(14)18(15-6-4-12-24-15)16(17)13-7-9-20-10-8-13/h4,6-10,12H,2-3,5,11H2,1H3. The molecular weight excluding hydrogens is 320 g/mol. The highest BCUT2D eigenvalue weighted by atomic mass is 32.1. The van der Waals surface area contributed by atoms with Gasteiger partial charge in [0.25, 0.3) is 0 Å². The summed E-state index contributed by atoms with van der Waals surface area (Å²) in [5.41, 5.74) is 4.95. The van der Waals surface area contributed by atoms with Crippen LogP contribution in [0.25, 0.3) is 21.7 Å². The lowest BCUT2D eigenvalue weighted by molar-refractivity contribution is 0.0526. The van der Waals surface area contributed by atoms with E-state index in [1.54, 1.807) is 23.7 Å². The van der Waals surface area contributed by atoms with Gasteiger partial charge in [-0.25, -0.2) is 4.79 Å². The quantitative estimate of drug-likeness (QED) is 0.662. The Morgan fingerprint density at radius 2 is 2.17 bits per heavy atom. The van der Waals surface area contributed by atoms with Gasteiger partial charge in [0, 0.05) is 30.2 Å². The van der Waals surface area contributed by atoms with E-state index in [2.05, 4.69) is 27.1 Å². The van der Waals surface area contributed by atoms with Crippen molar-refractivity contribution in [1.29, 1.82) is 0 Å². The van der Waals surface area contributed by atoms with E-state index in [-0.39, 0.29) is 5.97 Å². The molecule has 0 aromatic carbocycles. The minimum absolute atomic E-state index is 0.224. The molecule has 122 valence electrons. The molecule has 24 heavy (non-hydrogen) atoms. The molecule has 0 radical (unpaired) electrons. The minimum Gasteiger partial charge on any atom is -0.462 e. The normalized spacial score (nSPS) is 13.0. The fraction of sp³-hybridized carbons (Fsp3) is 0.263. The van der Waals surface area contributed by atoms with Crippen LogP contribution in [0.15, 0.2) is 42.0 Å². The summed E-state index contributed by atoms with van der Waals surface area (Å²) >= 11 is 1.70. The van der Waals surface area contributed by atoms with Crippen molar-refractivity contribution in [3.8, 4) is 21.7 Å². The summed E-state index contributed by atoms with van der Waals surface area (Å²) in [6.45, 7) is 3.17. The molecule has 0 spiro atoms. The van der Waals surface area contributed by atoms with Gasteiger partial charge < -0.3 is 9.30 Å². The summed E-state index contributed by atoms with van der Waals surface area (Å²) in [7, 11) is 0. The number of ether oxygens (including phenoxy) is 1. The Labute approximate surface area is 144 Å². The van der Waals surface area contributed by atoms with Gasteiger partial charge in [-0.05, 0) is 48.9 Å². The van der Waals surface area contributed by atoms with E-state index >= 15 is 0 Å². The first-order valence-corrected chi connectivity index (χ1v) is 9.06. The number of aromatic nitrogens is 2. The Hall–Kier alpha value is -2.40. The minimum atomic E-state index is -0.224. The van der Waals surface area contributed by atoms with Crippen LogP contribution in [0, 0.1) is 0 Å². The second-order valence-corrected chi connectivity index (χ2v) is 6.68.